The molecule has 0 heterocycles. The predicted octanol–water partition coefficient (Wildman–Crippen LogP) is 1.76. The second kappa shape index (κ2) is 6.20. The molecule has 2 heteroatoms. The molecule has 1 N–H and O–H groups in total. The van der Waals surface area contributed by atoms with Crippen LogP contribution in [-0.4, -0.2) is 12.5 Å². The first kappa shape index (κ1) is 10.5. The molecule has 1 radical (unpaired) electrons. The second-order valence-electron chi connectivity index (χ2n) is 3.01. The van der Waals surface area contributed by atoms with Crippen LogP contribution in [0.1, 0.15) is 33.1 Å². The van der Waals surface area contributed by atoms with Crippen molar-refractivity contribution >= 4 is 5.91 Å². The van der Waals surface area contributed by atoms with Gasteiger partial charge >= 0.3 is 0 Å². The Kier molecular flexibility index (Phi) is 5.90. The van der Waals surface area contributed by atoms with Gasteiger partial charge in [0.25, 0.3) is 0 Å². The van der Waals surface area contributed by atoms with Crippen molar-refractivity contribution in [2.24, 2.45) is 5.92 Å². The molecular weight excluding hydrogens is 138 g/mol. The van der Waals surface area contributed by atoms with Crippen molar-refractivity contribution in [3.63, 3.8) is 0 Å². The summed E-state index contributed by atoms with van der Waals surface area (Å²) in [6.07, 6.45) is 3.48. The Morgan fingerprint density at radius 2 is 2.27 bits per heavy atom. The van der Waals surface area contributed by atoms with Crippen molar-refractivity contribution in [1.29, 1.82) is 0 Å². The molecule has 0 aromatic carbocycles. The van der Waals surface area contributed by atoms with Crippen molar-refractivity contribution in [1.82, 2.24) is 5.32 Å². The second-order valence-corrected chi connectivity index (χ2v) is 3.01. The largest absolute Gasteiger partial charge is 0.356 e. The molecule has 0 saturated carbocycles. The lowest BCUT2D eigenvalue weighted by molar-refractivity contribution is -0.116. The number of carbonyl (C=O) groups is 1. The molecule has 1 unspecified atom stereocenters. The van der Waals surface area contributed by atoms with Gasteiger partial charge in [0.1, 0.15) is 0 Å². The summed E-state index contributed by atoms with van der Waals surface area (Å²) in [5.41, 5.74) is 0. The van der Waals surface area contributed by atoms with E-state index in [9.17, 15) is 4.79 Å². The summed E-state index contributed by atoms with van der Waals surface area (Å²) in [7, 11) is 0. The van der Waals surface area contributed by atoms with Gasteiger partial charge in [-0.25, -0.2) is 0 Å². The van der Waals surface area contributed by atoms with Gasteiger partial charge in [0.15, 0.2) is 0 Å². The Bertz CT molecular complexity index is 112. The molecule has 0 rings (SSSR count). The molecule has 0 aromatic rings. The number of hydrogen-bond acceptors (Lipinski definition) is 1. The molecule has 0 aliphatic heterocycles. The zero-order valence-corrected chi connectivity index (χ0v) is 7.52. The first-order valence-corrected chi connectivity index (χ1v) is 4.26. The molecule has 65 valence electrons. The average Bonchev–Trinajstić information content (AvgIpc) is 1.97. The smallest absolute Gasteiger partial charge is 0.220 e. The van der Waals surface area contributed by atoms with Crippen LogP contribution in [0, 0.1) is 12.8 Å². The fourth-order valence-corrected chi connectivity index (χ4v) is 0.882. The van der Waals surface area contributed by atoms with Gasteiger partial charge in [-0.1, -0.05) is 20.3 Å². The van der Waals surface area contributed by atoms with E-state index in [-0.39, 0.29) is 5.91 Å². The van der Waals surface area contributed by atoms with Gasteiger partial charge < -0.3 is 5.32 Å². The van der Waals surface area contributed by atoms with Crippen LogP contribution in [-0.2, 0) is 4.79 Å². The van der Waals surface area contributed by atoms with Crippen molar-refractivity contribution in [3.8, 4) is 0 Å². The van der Waals surface area contributed by atoms with Crippen molar-refractivity contribution in [2.45, 2.75) is 33.1 Å². The molecule has 1 amide bonds. The number of rotatable bonds is 5. The minimum Gasteiger partial charge on any atom is -0.356 e. The normalized spacial score (nSPS) is 12.6. The number of nitrogens with one attached hydrogen (secondary N) is 1. The van der Waals surface area contributed by atoms with Crippen molar-refractivity contribution in [3.05, 3.63) is 6.92 Å². The van der Waals surface area contributed by atoms with Crippen LogP contribution in [0.3, 0.4) is 0 Å². The number of hydrogen-bond donors (Lipinski definition) is 1. The van der Waals surface area contributed by atoms with Crippen LogP contribution >= 0.6 is 0 Å². The molecule has 0 bridgehead atoms. The van der Waals surface area contributed by atoms with Gasteiger partial charge in [-0.3, -0.25) is 4.79 Å². The Hall–Kier alpha value is -0.530. The maximum Gasteiger partial charge on any atom is 0.220 e. The van der Waals surface area contributed by atoms with Gasteiger partial charge in [0.05, 0.1) is 0 Å². The summed E-state index contributed by atoms with van der Waals surface area (Å²) in [6, 6.07) is 0. The van der Waals surface area contributed by atoms with Gasteiger partial charge in [-0.2, -0.15) is 0 Å². The minimum atomic E-state index is -0.172. The van der Waals surface area contributed by atoms with E-state index in [1.54, 1.807) is 0 Å². The van der Waals surface area contributed by atoms with Crippen LogP contribution < -0.4 is 5.32 Å². The summed E-state index contributed by atoms with van der Waals surface area (Å²) in [5.74, 6) is 0.603. The summed E-state index contributed by atoms with van der Waals surface area (Å²) in [6.45, 7) is 8.41. The molecule has 1 atom stereocenters. The van der Waals surface area contributed by atoms with Gasteiger partial charge in [-0.05, 0) is 18.8 Å². The Morgan fingerprint density at radius 1 is 1.64 bits per heavy atom. The van der Waals surface area contributed by atoms with Crippen LogP contribution in [0.25, 0.3) is 0 Å². The third-order valence-corrected chi connectivity index (χ3v) is 1.89. The van der Waals surface area contributed by atoms with E-state index < -0.39 is 0 Å². The minimum absolute atomic E-state index is 0.172. The highest BCUT2D eigenvalue weighted by Crippen LogP contribution is 2.07. The SMILES string of the molecule is [CH2]C(=O)NCCCC(C)CC. The molecule has 0 aromatic heterocycles. The quantitative estimate of drug-likeness (QED) is 0.604. The zero-order chi connectivity index (χ0) is 8.69. The standard InChI is InChI=1S/C9H18NO/c1-4-8(2)6-5-7-10-9(3)11/h8H,3-7H2,1-2H3,(H,10,11). The van der Waals surface area contributed by atoms with Crippen LogP contribution in [0.5, 0.6) is 0 Å². The lowest BCUT2D eigenvalue weighted by atomic mass is 10.0. The Morgan fingerprint density at radius 3 is 2.73 bits per heavy atom. The molecular formula is C9H18NO. The van der Waals surface area contributed by atoms with Crippen LogP contribution in [0.15, 0.2) is 0 Å². The van der Waals surface area contributed by atoms with Gasteiger partial charge in [-0.15, -0.1) is 0 Å². The molecule has 0 aliphatic carbocycles. The fourth-order valence-electron chi connectivity index (χ4n) is 0.882. The van der Waals surface area contributed by atoms with E-state index in [2.05, 4.69) is 26.1 Å². The Balaban J connectivity index is 3.08. The van der Waals surface area contributed by atoms with E-state index in [1.807, 2.05) is 0 Å². The summed E-state index contributed by atoms with van der Waals surface area (Å²) in [5, 5.41) is 2.67. The molecule has 0 fully saturated rings. The van der Waals surface area contributed by atoms with Crippen molar-refractivity contribution < 1.29 is 4.79 Å². The monoisotopic (exact) mass is 156 g/mol. The lowest BCUT2D eigenvalue weighted by Crippen LogP contribution is -2.21. The van der Waals surface area contributed by atoms with Gasteiger partial charge in [0.2, 0.25) is 5.91 Å². The number of carbonyl (C=O) groups excluding carboxylic acids is 1. The highest BCUT2D eigenvalue weighted by atomic mass is 16.1. The first-order chi connectivity index (χ1) is 5.16. The third kappa shape index (κ3) is 7.37. The zero-order valence-electron chi connectivity index (χ0n) is 7.52. The topological polar surface area (TPSA) is 29.1 Å². The van der Waals surface area contributed by atoms with Crippen molar-refractivity contribution in [2.75, 3.05) is 6.54 Å². The van der Waals surface area contributed by atoms with Gasteiger partial charge in [0, 0.05) is 13.5 Å². The third-order valence-electron chi connectivity index (χ3n) is 1.89. The summed E-state index contributed by atoms with van der Waals surface area (Å²) in [4.78, 5) is 10.3. The highest BCUT2D eigenvalue weighted by Gasteiger charge is 1.97. The average molecular weight is 156 g/mol. The predicted molar refractivity (Wildman–Crippen MR) is 47.1 cm³/mol. The maximum absolute atomic E-state index is 10.3. The maximum atomic E-state index is 10.3. The van der Waals surface area contributed by atoms with Crippen LogP contribution in [0.4, 0.5) is 0 Å². The van der Waals surface area contributed by atoms with Crippen LogP contribution in [0.2, 0.25) is 0 Å². The molecule has 2 nitrogen and oxygen atoms in total. The number of amides is 1. The van der Waals surface area contributed by atoms with E-state index in [4.69, 9.17) is 0 Å². The molecule has 0 saturated heterocycles. The molecule has 11 heavy (non-hydrogen) atoms. The highest BCUT2D eigenvalue weighted by molar-refractivity contribution is 5.79. The fraction of sp³-hybridized carbons (Fsp3) is 0.778. The van der Waals surface area contributed by atoms with E-state index in [0.29, 0.717) is 0 Å². The van der Waals surface area contributed by atoms with E-state index in [0.717, 1.165) is 18.9 Å². The van der Waals surface area contributed by atoms with E-state index in [1.165, 1.54) is 12.8 Å². The first-order valence-electron chi connectivity index (χ1n) is 4.26. The summed E-state index contributed by atoms with van der Waals surface area (Å²) < 4.78 is 0. The lowest BCUT2D eigenvalue weighted by Gasteiger charge is -2.07. The molecule has 0 spiro atoms. The van der Waals surface area contributed by atoms with E-state index >= 15 is 0 Å². The summed E-state index contributed by atoms with van der Waals surface area (Å²) >= 11 is 0. The Labute approximate surface area is 69.4 Å². The molecule has 0 aliphatic rings.